The fraction of sp³-hybridized carbons (Fsp3) is 0.526. The summed E-state index contributed by atoms with van der Waals surface area (Å²) >= 11 is 0. The number of aromatic nitrogens is 1. The van der Waals surface area contributed by atoms with E-state index in [1.165, 1.54) is 5.52 Å². The Balaban J connectivity index is 1.63. The normalized spacial score (nSPS) is 16.9. The van der Waals surface area contributed by atoms with Gasteiger partial charge in [-0.25, -0.2) is 0 Å². The van der Waals surface area contributed by atoms with Crippen LogP contribution in [0.4, 0.5) is 5.69 Å². The van der Waals surface area contributed by atoms with Gasteiger partial charge in [0.2, 0.25) is 5.91 Å². The zero-order chi connectivity index (χ0) is 17.6. The summed E-state index contributed by atoms with van der Waals surface area (Å²) in [4.78, 5) is 14.6. The standard InChI is InChI=1S/C19H28N4O2/c1-15(14-20-2)19(24)21-17-3-4-18-16(13-17)5-6-23(18)8-7-22-9-11-25-12-10-22/h3-6,13,15,20H,7-12,14H2,1-2H3,(H,21,24). The van der Waals surface area contributed by atoms with Gasteiger partial charge in [0.25, 0.3) is 0 Å². The Bertz CT molecular complexity index is 707. The lowest BCUT2D eigenvalue weighted by molar-refractivity contribution is -0.119. The molecule has 0 radical (unpaired) electrons. The molecule has 2 heterocycles. The van der Waals surface area contributed by atoms with Crippen LogP contribution >= 0.6 is 0 Å². The lowest BCUT2D eigenvalue weighted by atomic mass is 10.1. The Kier molecular flexibility index (Phi) is 6.07. The highest BCUT2D eigenvalue weighted by Gasteiger charge is 2.13. The molecule has 3 rings (SSSR count). The van der Waals surface area contributed by atoms with Crippen molar-refractivity contribution in [2.45, 2.75) is 13.5 Å². The number of hydrogen-bond donors (Lipinski definition) is 2. The molecule has 2 N–H and O–H groups in total. The number of anilines is 1. The van der Waals surface area contributed by atoms with Crippen molar-refractivity contribution in [3.63, 3.8) is 0 Å². The Labute approximate surface area is 149 Å². The van der Waals surface area contributed by atoms with E-state index in [2.05, 4.69) is 38.4 Å². The van der Waals surface area contributed by atoms with Crippen molar-refractivity contribution in [1.29, 1.82) is 0 Å². The maximum atomic E-state index is 12.1. The highest BCUT2D eigenvalue weighted by atomic mass is 16.5. The Hall–Kier alpha value is -1.89. The lowest BCUT2D eigenvalue weighted by Gasteiger charge is -2.26. The van der Waals surface area contributed by atoms with Gasteiger partial charge in [-0.2, -0.15) is 0 Å². The number of morpholine rings is 1. The van der Waals surface area contributed by atoms with Crippen molar-refractivity contribution >= 4 is 22.5 Å². The summed E-state index contributed by atoms with van der Waals surface area (Å²) in [5.74, 6) is -0.0146. The second-order valence-corrected chi connectivity index (χ2v) is 6.68. The second kappa shape index (κ2) is 8.47. The fourth-order valence-electron chi connectivity index (χ4n) is 3.21. The molecule has 0 saturated carbocycles. The van der Waals surface area contributed by atoms with Crippen molar-refractivity contribution in [1.82, 2.24) is 14.8 Å². The van der Waals surface area contributed by atoms with Crippen molar-refractivity contribution in [2.24, 2.45) is 5.92 Å². The van der Waals surface area contributed by atoms with Crippen LogP contribution in [-0.4, -0.2) is 61.8 Å². The summed E-state index contributed by atoms with van der Waals surface area (Å²) in [7, 11) is 1.86. The maximum Gasteiger partial charge on any atom is 0.228 e. The second-order valence-electron chi connectivity index (χ2n) is 6.68. The highest BCUT2D eigenvalue weighted by molar-refractivity contribution is 5.95. The number of nitrogens with one attached hydrogen (secondary N) is 2. The zero-order valence-electron chi connectivity index (χ0n) is 15.1. The minimum Gasteiger partial charge on any atom is -0.379 e. The minimum atomic E-state index is -0.0567. The maximum absolute atomic E-state index is 12.1. The van der Waals surface area contributed by atoms with Gasteiger partial charge < -0.3 is 19.9 Å². The molecule has 0 aliphatic carbocycles. The van der Waals surface area contributed by atoms with E-state index in [-0.39, 0.29) is 11.8 Å². The van der Waals surface area contributed by atoms with Gasteiger partial charge in [-0.15, -0.1) is 0 Å². The number of carbonyl (C=O) groups is 1. The van der Waals surface area contributed by atoms with Crippen LogP contribution in [0.5, 0.6) is 0 Å². The molecule has 1 aliphatic rings. The van der Waals surface area contributed by atoms with Gasteiger partial charge in [0.1, 0.15) is 0 Å². The average Bonchev–Trinajstić information content (AvgIpc) is 3.03. The van der Waals surface area contributed by atoms with E-state index in [9.17, 15) is 4.79 Å². The van der Waals surface area contributed by atoms with Gasteiger partial charge in [0.05, 0.1) is 13.2 Å². The summed E-state index contributed by atoms with van der Waals surface area (Å²) in [6, 6.07) is 8.23. The van der Waals surface area contributed by atoms with Crippen LogP contribution in [0.3, 0.4) is 0 Å². The smallest absolute Gasteiger partial charge is 0.228 e. The first-order chi connectivity index (χ1) is 12.2. The van der Waals surface area contributed by atoms with E-state index >= 15 is 0 Å². The number of nitrogens with zero attached hydrogens (tertiary/aromatic N) is 2. The summed E-state index contributed by atoms with van der Waals surface area (Å²) in [5, 5.41) is 7.19. The lowest BCUT2D eigenvalue weighted by Crippen LogP contribution is -2.38. The number of rotatable bonds is 7. The van der Waals surface area contributed by atoms with Crippen LogP contribution in [0.2, 0.25) is 0 Å². The third kappa shape index (κ3) is 4.60. The first-order valence-corrected chi connectivity index (χ1v) is 9.02. The molecule has 1 aromatic carbocycles. The molecule has 6 heteroatoms. The van der Waals surface area contributed by atoms with Gasteiger partial charge in [-0.1, -0.05) is 6.92 Å². The van der Waals surface area contributed by atoms with Gasteiger partial charge in [0, 0.05) is 61.4 Å². The van der Waals surface area contributed by atoms with E-state index in [0.29, 0.717) is 6.54 Å². The summed E-state index contributed by atoms with van der Waals surface area (Å²) in [5.41, 5.74) is 2.06. The monoisotopic (exact) mass is 344 g/mol. The molecule has 136 valence electrons. The predicted molar refractivity (Wildman–Crippen MR) is 101 cm³/mol. The SMILES string of the molecule is CNCC(C)C(=O)Nc1ccc2c(ccn2CCN2CCOCC2)c1. The van der Waals surface area contributed by atoms with Crippen molar-refractivity contribution in [3.8, 4) is 0 Å². The van der Waals surface area contributed by atoms with Crippen molar-refractivity contribution in [3.05, 3.63) is 30.5 Å². The topological polar surface area (TPSA) is 58.5 Å². The predicted octanol–water partition coefficient (Wildman–Crippen LogP) is 1.77. The van der Waals surface area contributed by atoms with E-state index in [1.54, 1.807) is 0 Å². The Morgan fingerprint density at radius 1 is 1.24 bits per heavy atom. The van der Waals surface area contributed by atoms with E-state index in [0.717, 1.165) is 50.5 Å². The summed E-state index contributed by atoms with van der Waals surface area (Å²) in [6.07, 6.45) is 2.13. The number of carbonyl (C=O) groups excluding carboxylic acids is 1. The third-order valence-electron chi connectivity index (χ3n) is 4.76. The van der Waals surface area contributed by atoms with Gasteiger partial charge in [-0.3, -0.25) is 9.69 Å². The van der Waals surface area contributed by atoms with Crippen LogP contribution in [0.1, 0.15) is 6.92 Å². The molecule has 1 amide bonds. The van der Waals surface area contributed by atoms with Crippen molar-refractivity contribution < 1.29 is 9.53 Å². The first-order valence-electron chi connectivity index (χ1n) is 9.02. The van der Waals surface area contributed by atoms with Crippen molar-refractivity contribution in [2.75, 3.05) is 51.8 Å². The Morgan fingerprint density at radius 2 is 2.04 bits per heavy atom. The molecular formula is C19H28N4O2. The quantitative estimate of drug-likeness (QED) is 0.804. The number of hydrogen-bond acceptors (Lipinski definition) is 4. The van der Waals surface area contributed by atoms with E-state index < -0.39 is 0 Å². The molecule has 1 saturated heterocycles. The molecule has 0 spiro atoms. The number of fused-ring (bicyclic) bond motifs is 1. The Morgan fingerprint density at radius 3 is 2.80 bits per heavy atom. The molecule has 2 aromatic rings. The molecule has 6 nitrogen and oxygen atoms in total. The average molecular weight is 344 g/mol. The molecular weight excluding hydrogens is 316 g/mol. The van der Waals surface area contributed by atoms with E-state index in [4.69, 9.17) is 4.74 Å². The molecule has 1 unspecified atom stereocenters. The van der Waals surface area contributed by atoms with Crippen LogP contribution in [0.25, 0.3) is 10.9 Å². The minimum absolute atomic E-state index is 0.0421. The highest BCUT2D eigenvalue weighted by Crippen LogP contribution is 2.21. The molecule has 1 aromatic heterocycles. The molecule has 1 atom stereocenters. The van der Waals surface area contributed by atoms with Crippen LogP contribution < -0.4 is 10.6 Å². The van der Waals surface area contributed by atoms with Crippen LogP contribution in [0, 0.1) is 5.92 Å². The first kappa shape index (κ1) is 17.9. The van der Waals surface area contributed by atoms with E-state index in [1.807, 2.05) is 26.1 Å². The molecule has 25 heavy (non-hydrogen) atoms. The largest absolute Gasteiger partial charge is 0.379 e. The number of ether oxygens (including phenoxy) is 1. The summed E-state index contributed by atoms with van der Waals surface area (Å²) < 4.78 is 7.67. The summed E-state index contributed by atoms with van der Waals surface area (Å²) in [6.45, 7) is 8.29. The third-order valence-corrected chi connectivity index (χ3v) is 4.76. The number of benzene rings is 1. The van der Waals surface area contributed by atoms with Crippen LogP contribution in [0.15, 0.2) is 30.5 Å². The molecule has 0 bridgehead atoms. The fourth-order valence-corrected chi connectivity index (χ4v) is 3.21. The van der Waals surface area contributed by atoms with Gasteiger partial charge in [0.15, 0.2) is 0 Å². The van der Waals surface area contributed by atoms with Gasteiger partial charge in [-0.05, 0) is 31.3 Å². The zero-order valence-corrected chi connectivity index (χ0v) is 15.1. The number of amides is 1. The van der Waals surface area contributed by atoms with Gasteiger partial charge >= 0.3 is 0 Å². The molecule has 1 aliphatic heterocycles. The molecule has 1 fully saturated rings. The van der Waals surface area contributed by atoms with Crippen LogP contribution in [-0.2, 0) is 16.1 Å².